The zero-order chi connectivity index (χ0) is 49.8. The number of nitrogens with one attached hydrogen (secondary N) is 3. The molecule has 7 N–H and O–H groups in total. The average molecular weight is 961 g/mol. The van der Waals surface area contributed by atoms with E-state index >= 15 is 0 Å². The first kappa shape index (κ1) is 49.5. The van der Waals surface area contributed by atoms with Crippen molar-refractivity contribution in [3.63, 3.8) is 0 Å². The summed E-state index contributed by atoms with van der Waals surface area (Å²) < 4.78 is 7.49. The lowest BCUT2D eigenvalue weighted by molar-refractivity contribution is -0.144. The number of nitrogen functional groups attached to an aromatic ring is 2. The van der Waals surface area contributed by atoms with Gasteiger partial charge in [0.15, 0.2) is 0 Å². The fourth-order valence-electron chi connectivity index (χ4n) is 7.13. The molecule has 6 heterocycles. The minimum atomic E-state index is -1.25. The highest BCUT2D eigenvalue weighted by Crippen LogP contribution is 2.27. The van der Waals surface area contributed by atoms with Crippen molar-refractivity contribution in [2.45, 2.75) is 72.4 Å². The summed E-state index contributed by atoms with van der Waals surface area (Å²) in [5.41, 5.74) is 19.0. The fourth-order valence-corrected chi connectivity index (χ4v) is 7.89. The van der Waals surface area contributed by atoms with Gasteiger partial charge in [-0.15, -0.1) is 0 Å². The number of amides is 4. The van der Waals surface area contributed by atoms with Crippen LogP contribution < -0.4 is 22.1 Å². The number of pyridine rings is 4. The van der Waals surface area contributed by atoms with E-state index in [0.29, 0.717) is 51.2 Å². The van der Waals surface area contributed by atoms with E-state index in [4.69, 9.17) is 16.2 Å². The Kier molecular flexibility index (Phi) is 16.0. The summed E-state index contributed by atoms with van der Waals surface area (Å²) in [4.78, 5) is 72.4. The molecule has 0 radical (unpaired) electrons. The third kappa shape index (κ3) is 13.2. The van der Waals surface area contributed by atoms with Gasteiger partial charge in [-0.25, -0.2) is 14.6 Å². The summed E-state index contributed by atoms with van der Waals surface area (Å²) in [6.07, 6.45) is 9.24. The molecule has 2 aromatic carbocycles. The van der Waals surface area contributed by atoms with Crippen molar-refractivity contribution < 1.29 is 23.9 Å². The molecule has 0 saturated heterocycles. The standard InChI is InChI=1S/C28H35N7O3Si.C22H21N7O2/c1-20-8-10-21(11-9-20)17-34(18-22-7-5-6-12-30-22)28(37)27(36)33-24-16-31-26(29)23-15-32-35(25(23)24)19-38-13-14-39(2,3)4;1-14-5-7-15(8-6-14)12-29(13-16-4-2-3-9-24-16)22(31)21(30)27-18-11-25-20(23)17-10-26-28-19(17)18/h5-12,15-16H,13-14,17-19H2,1-4H3,(H2,29,31)(H,33,36);2-11H,12-13H2,1H3,(H2,23,25)(H,26,28)(H,27,30). The number of benzene rings is 2. The number of aromatic amines is 1. The molecule has 0 fully saturated rings. The van der Waals surface area contributed by atoms with Crippen molar-refractivity contribution in [3.05, 3.63) is 156 Å². The molecule has 0 atom stereocenters. The second-order valence-corrected chi connectivity index (χ2v) is 23.5. The van der Waals surface area contributed by atoms with Gasteiger partial charge in [0.2, 0.25) is 0 Å². The molecule has 0 aliphatic rings. The molecule has 360 valence electrons. The lowest BCUT2D eigenvalue weighted by Crippen LogP contribution is -2.39. The predicted molar refractivity (Wildman–Crippen MR) is 271 cm³/mol. The van der Waals surface area contributed by atoms with Crippen molar-refractivity contribution in [2.24, 2.45) is 0 Å². The first-order valence-corrected chi connectivity index (χ1v) is 26.2. The lowest BCUT2D eigenvalue weighted by Gasteiger charge is -2.22. The Morgan fingerprint density at radius 1 is 0.643 bits per heavy atom. The van der Waals surface area contributed by atoms with Gasteiger partial charge in [0.05, 0.1) is 82.4 Å². The summed E-state index contributed by atoms with van der Waals surface area (Å²) in [5.74, 6) is -2.40. The predicted octanol–water partition coefficient (Wildman–Crippen LogP) is 6.61. The largest absolute Gasteiger partial charge is 0.383 e. The first-order chi connectivity index (χ1) is 33.6. The van der Waals surface area contributed by atoms with E-state index in [0.717, 1.165) is 28.3 Å². The number of carbonyl (C=O) groups is 4. The van der Waals surface area contributed by atoms with E-state index in [2.05, 4.69) is 65.5 Å². The summed E-state index contributed by atoms with van der Waals surface area (Å²) >= 11 is 0. The van der Waals surface area contributed by atoms with Gasteiger partial charge < -0.3 is 36.6 Å². The van der Waals surface area contributed by atoms with Crippen molar-refractivity contribution >= 4 is 76.5 Å². The highest BCUT2D eigenvalue weighted by molar-refractivity contribution is 6.76. The molecular weight excluding hydrogens is 905 g/mol. The van der Waals surface area contributed by atoms with E-state index in [-0.39, 0.29) is 44.5 Å². The molecule has 0 aliphatic heterocycles. The quantitative estimate of drug-likeness (QED) is 0.0412. The minimum Gasteiger partial charge on any atom is -0.383 e. The number of anilines is 4. The van der Waals surface area contributed by atoms with E-state index in [9.17, 15) is 19.2 Å². The number of hydrogen-bond acceptors (Lipinski definition) is 13. The third-order valence-corrected chi connectivity index (χ3v) is 12.7. The molecular formula is C50H56N14O5Si. The van der Waals surface area contributed by atoms with Crippen LogP contribution in [0, 0.1) is 13.8 Å². The van der Waals surface area contributed by atoms with Gasteiger partial charge in [0, 0.05) is 40.2 Å². The van der Waals surface area contributed by atoms with Gasteiger partial charge in [-0.2, -0.15) is 10.2 Å². The van der Waals surface area contributed by atoms with Crippen LogP contribution >= 0.6 is 0 Å². The highest BCUT2D eigenvalue weighted by atomic mass is 28.3. The number of rotatable bonds is 15. The van der Waals surface area contributed by atoms with Crippen molar-refractivity contribution in [1.29, 1.82) is 0 Å². The number of nitrogens with zero attached hydrogens (tertiary/aromatic N) is 9. The molecule has 0 spiro atoms. The highest BCUT2D eigenvalue weighted by Gasteiger charge is 2.26. The molecule has 0 unspecified atom stereocenters. The topological polar surface area (TPSA) is 258 Å². The molecule has 8 rings (SSSR count). The fraction of sp³-hybridized carbons (Fsp3) is 0.240. The number of aromatic nitrogens is 8. The molecule has 0 saturated carbocycles. The molecule has 20 heteroatoms. The van der Waals surface area contributed by atoms with Crippen LogP contribution in [0.5, 0.6) is 0 Å². The first-order valence-electron chi connectivity index (χ1n) is 22.5. The number of hydrogen-bond donors (Lipinski definition) is 5. The Bertz CT molecular complexity index is 3070. The number of ether oxygens (including phenoxy) is 1. The molecule has 4 amide bonds. The number of nitrogens with two attached hydrogens (primary N) is 2. The van der Waals surface area contributed by atoms with Crippen molar-refractivity contribution in [3.8, 4) is 0 Å². The Morgan fingerprint density at radius 2 is 1.16 bits per heavy atom. The summed E-state index contributed by atoms with van der Waals surface area (Å²) in [6, 6.07) is 27.6. The maximum absolute atomic E-state index is 13.5. The Hall–Kier alpha value is -8.36. The summed E-state index contributed by atoms with van der Waals surface area (Å²) in [6.45, 7) is 12.5. The smallest absolute Gasteiger partial charge is 0.314 e. The van der Waals surface area contributed by atoms with Gasteiger partial charge in [-0.3, -0.25) is 34.2 Å². The number of H-pyrrole nitrogens is 1. The lowest BCUT2D eigenvalue weighted by atomic mass is 10.1. The maximum Gasteiger partial charge on any atom is 0.314 e. The second-order valence-electron chi connectivity index (χ2n) is 17.9. The van der Waals surface area contributed by atoms with E-state index < -0.39 is 31.7 Å². The third-order valence-electron chi connectivity index (χ3n) is 11.0. The van der Waals surface area contributed by atoms with Crippen LogP contribution in [0.2, 0.25) is 25.7 Å². The van der Waals surface area contributed by atoms with Gasteiger partial charge in [0.25, 0.3) is 0 Å². The second kappa shape index (κ2) is 22.6. The Labute approximate surface area is 405 Å². The molecule has 0 aliphatic carbocycles. The van der Waals surface area contributed by atoms with Gasteiger partial charge in [-0.05, 0) is 55.3 Å². The SMILES string of the molecule is Cc1ccc(CN(Cc2ccccn2)C(=O)C(=O)Nc2cnc(N)c3cn[nH]c23)cc1.Cc1ccc(CN(Cc2ccccn2)C(=O)C(=O)Nc2cnc(N)c3cnn(COCC[Si](C)(C)C)c23)cc1. The van der Waals surface area contributed by atoms with Crippen LogP contribution in [0.3, 0.4) is 0 Å². The van der Waals surface area contributed by atoms with Crippen LogP contribution in [0.25, 0.3) is 21.8 Å². The van der Waals surface area contributed by atoms with Crippen LogP contribution in [0.4, 0.5) is 23.0 Å². The average Bonchev–Trinajstić information content (AvgIpc) is 4.03. The van der Waals surface area contributed by atoms with E-state index in [1.165, 1.54) is 28.4 Å². The zero-order valence-corrected chi connectivity index (χ0v) is 40.7. The van der Waals surface area contributed by atoms with E-state index in [1.54, 1.807) is 35.4 Å². The van der Waals surface area contributed by atoms with Crippen LogP contribution in [-0.4, -0.2) is 88.0 Å². The number of carbonyl (C=O) groups excluding carboxylic acids is 4. The monoisotopic (exact) mass is 960 g/mol. The van der Waals surface area contributed by atoms with Crippen LogP contribution in [0.15, 0.2) is 122 Å². The van der Waals surface area contributed by atoms with Gasteiger partial charge in [0.1, 0.15) is 18.4 Å². The normalized spacial score (nSPS) is 11.2. The Morgan fingerprint density at radius 3 is 1.67 bits per heavy atom. The van der Waals surface area contributed by atoms with Crippen LogP contribution in [0.1, 0.15) is 33.6 Å². The van der Waals surface area contributed by atoms with Crippen LogP contribution in [-0.2, 0) is 56.8 Å². The van der Waals surface area contributed by atoms with Gasteiger partial charge >= 0.3 is 23.6 Å². The maximum atomic E-state index is 13.5. The summed E-state index contributed by atoms with van der Waals surface area (Å²) in [7, 11) is -1.25. The molecule has 6 aromatic heterocycles. The van der Waals surface area contributed by atoms with Crippen molar-refractivity contribution in [2.75, 3.05) is 28.7 Å². The van der Waals surface area contributed by atoms with Crippen molar-refractivity contribution in [1.82, 2.24) is 49.7 Å². The number of fused-ring (bicyclic) bond motifs is 2. The number of aryl methyl sites for hydroxylation is 2. The molecule has 70 heavy (non-hydrogen) atoms. The zero-order valence-electron chi connectivity index (χ0n) is 39.7. The Balaban J connectivity index is 0.000000212. The summed E-state index contributed by atoms with van der Waals surface area (Å²) in [5, 5.41) is 17.6. The molecule has 8 aromatic rings. The molecule has 19 nitrogen and oxygen atoms in total. The molecule has 0 bridgehead atoms. The van der Waals surface area contributed by atoms with E-state index in [1.807, 2.05) is 86.6 Å². The minimum absolute atomic E-state index is 0.180. The van der Waals surface area contributed by atoms with Gasteiger partial charge in [-0.1, -0.05) is 91.4 Å².